The minimum Gasteiger partial charge on any atom is -0.435 e. The fraction of sp³-hybridized carbons (Fsp3) is 0.800. The van der Waals surface area contributed by atoms with Crippen LogP contribution in [0.5, 0.6) is 0 Å². The van der Waals surface area contributed by atoms with Crippen LogP contribution in [0.4, 0.5) is 14.4 Å². The van der Waals surface area contributed by atoms with Gasteiger partial charge < -0.3 is 28.4 Å². The zero-order valence-electron chi connectivity index (χ0n) is 15.0. The summed E-state index contributed by atoms with van der Waals surface area (Å²) in [6, 6.07) is 0. The molecule has 0 atom stereocenters. The summed E-state index contributed by atoms with van der Waals surface area (Å²) >= 11 is 0. The van der Waals surface area contributed by atoms with Crippen LogP contribution in [0.3, 0.4) is 0 Å². The number of nitrogens with zero attached hydrogens (tertiary/aromatic N) is 1. The van der Waals surface area contributed by atoms with Gasteiger partial charge in [0.05, 0.1) is 19.8 Å². The maximum atomic E-state index is 11.1. The molecular weight excluding hydrogens is 338 g/mol. The third-order valence-electron chi connectivity index (χ3n) is 2.67. The highest BCUT2D eigenvalue weighted by Gasteiger charge is 2.11. The van der Waals surface area contributed by atoms with Gasteiger partial charge in [-0.3, -0.25) is 4.90 Å². The highest BCUT2D eigenvalue weighted by atomic mass is 16.7. The van der Waals surface area contributed by atoms with Gasteiger partial charge in [-0.05, 0) is 20.8 Å². The van der Waals surface area contributed by atoms with Gasteiger partial charge in [0, 0.05) is 19.6 Å². The summed E-state index contributed by atoms with van der Waals surface area (Å²) in [5.41, 5.74) is 0. The van der Waals surface area contributed by atoms with E-state index in [9.17, 15) is 14.4 Å². The Bertz CT molecular complexity index is 332. The molecule has 0 aromatic rings. The first-order valence-electron chi connectivity index (χ1n) is 8.14. The van der Waals surface area contributed by atoms with Gasteiger partial charge in [-0.15, -0.1) is 0 Å². The van der Waals surface area contributed by atoms with Crippen molar-refractivity contribution in [3.05, 3.63) is 0 Å². The maximum Gasteiger partial charge on any atom is 0.508 e. The Hall–Kier alpha value is -2.23. The monoisotopic (exact) mass is 365 g/mol. The molecule has 0 spiro atoms. The first kappa shape index (κ1) is 22.8. The molecule has 0 N–H and O–H groups in total. The van der Waals surface area contributed by atoms with Crippen molar-refractivity contribution in [3.8, 4) is 0 Å². The highest BCUT2D eigenvalue weighted by molar-refractivity contribution is 5.60. The van der Waals surface area contributed by atoms with Gasteiger partial charge in [-0.25, -0.2) is 14.4 Å². The van der Waals surface area contributed by atoms with Gasteiger partial charge >= 0.3 is 18.5 Å². The molecule has 10 nitrogen and oxygen atoms in total. The summed E-state index contributed by atoms with van der Waals surface area (Å²) in [6.45, 7) is 6.97. The summed E-state index contributed by atoms with van der Waals surface area (Å²) in [7, 11) is 0. The fourth-order valence-corrected chi connectivity index (χ4v) is 1.59. The topological polar surface area (TPSA) is 110 Å². The van der Waals surface area contributed by atoms with Crippen molar-refractivity contribution < 1.29 is 42.8 Å². The summed E-state index contributed by atoms with van der Waals surface area (Å²) in [5, 5.41) is 0. The molecular formula is C15H27NO9. The van der Waals surface area contributed by atoms with Crippen molar-refractivity contribution in [2.45, 2.75) is 20.8 Å². The molecule has 0 aliphatic carbocycles. The minimum atomic E-state index is -0.756. The quantitative estimate of drug-likeness (QED) is 0.375. The Labute approximate surface area is 147 Å². The van der Waals surface area contributed by atoms with Crippen LogP contribution in [0.25, 0.3) is 0 Å². The van der Waals surface area contributed by atoms with Gasteiger partial charge in [-0.2, -0.15) is 0 Å². The van der Waals surface area contributed by atoms with Crippen molar-refractivity contribution >= 4 is 18.5 Å². The molecule has 0 radical (unpaired) electrons. The predicted octanol–water partition coefficient (Wildman–Crippen LogP) is 1.81. The Kier molecular flexibility index (Phi) is 13.9. The van der Waals surface area contributed by atoms with Crippen LogP contribution in [0.1, 0.15) is 20.8 Å². The summed E-state index contributed by atoms with van der Waals surface area (Å²) in [6.07, 6.45) is -2.27. The van der Waals surface area contributed by atoms with Gasteiger partial charge in [0.1, 0.15) is 19.8 Å². The van der Waals surface area contributed by atoms with Crippen LogP contribution in [-0.2, 0) is 28.4 Å². The Balaban J connectivity index is 4.17. The van der Waals surface area contributed by atoms with E-state index in [1.165, 1.54) is 0 Å². The molecule has 0 amide bonds. The molecule has 0 aliphatic rings. The van der Waals surface area contributed by atoms with Crippen molar-refractivity contribution in [2.75, 3.05) is 59.3 Å². The van der Waals surface area contributed by atoms with Crippen molar-refractivity contribution in [2.24, 2.45) is 0 Å². The summed E-state index contributed by atoms with van der Waals surface area (Å²) in [5.74, 6) is 0. The van der Waals surface area contributed by atoms with E-state index in [1.54, 1.807) is 25.7 Å². The van der Waals surface area contributed by atoms with Gasteiger partial charge in [0.2, 0.25) is 0 Å². The van der Waals surface area contributed by atoms with E-state index in [0.29, 0.717) is 19.6 Å². The normalized spacial score (nSPS) is 10.1. The van der Waals surface area contributed by atoms with Crippen LogP contribution in [0.2, 0.25) is 0 Å². The Morgan fingerprint density at radius 2 is 0.840 bits per heavy atom. The lowest BCUT2D eigenvalue weighted by atomic mass is 10.4. The maximum absolute atomic E-state index is 11.1. The minimum absolute atomic E-state index is 0.0810. The fourth-order valence-electron chi connectivity index (χ4n) is 1.59. The first-order valence-corrected chi connectivity index (χ1v) is 8.14. The van der Waals surface area contributed by atoms with Crippen molar-refractivity contribution in [1.29, 1.82) is 0 Å². The molecule has 0 aliphatic heterocycles. The van der Waals surface area contributed by atoms with Crippen LogP contribution in [0, 0.1) is 0 Å². The third kappa shape index (κ3) is 13.9. The average molecular weight is 365 g/mol. The van der Waals surface area contributed by atoms with E-state index in [-0.39, 0.29) is 39.6 Å². The van der Waals surface area contributed by atoms with Crippen LogP contribution in [-0.4, -0.2) is 82.6 Å². The number of hydrogen-bond donors (Lipinski definition) is 0. The van der Waals surface area contributed by atoms with Crippen molar-refractivity contribution in [1.82, 2.24) is 4.90 Å². The van der Waals surface area contributed by atoms with E-state index in [2.05, 4.69) is 14.2 Å². The summed E-state index contributed by atoms with van der Waals surface area (Å²) < 4.78 is 28.6. The largest absolute Gasteiger partial charge is 0.508 e. The molecule has 146 valence electrons. The lowest BCUT2D eigenvalue weighted by Crippen LogP contribution is -2.35. The molecule has 0 saturated heterocycles. The van der Waals surface area contributed by atoms with E-state index >= 15 is 0 Å². The molecule has 0 aromatic heterocycles. The molecule has 0 rings (SSSR count). The number of ether oxygens (including phenoxy) is 6. The molecule has 0 aromatic carbocycles. The molecule has 0 fully saturated rings. The van der Waals surface area contributed by atoms with Gasteiger partial charge in [-0.1, -0.05) is 0 Å². The molecule has 0 bridgehead atoms. The number of rotatable bonds is 12. The van der Waals surface area contributed by atoms with Crippen LogP contribution in [0.15, 0.2) is 0 Å². The second-order valence-corrected chi connectivity index (χ2v) is 4.44. The predicted molar refractivity (Wildman–Crippen MR) is 85.4 cm³/mol. The van der Waals surface area contributed by atoms with E-state index in [4.69, 9.17) is 14.2 Å². The lowest BCUT2D eigenvalue weighted by molar-refractivity contribution is 0.0302. The Morgan fingerprint density at radius 1 is 0.560 bits per heavy atom. The molecule has 25 heavy (non-hydrogen) atoms. The standard InChI is InChI=1S/C15H27NO9/c1-4-20-13(17)23-10-7-16(8-11-24-14(18)21-5-2)9-12-25-15(19)22-6-3/h4-12H2,1-3H3. The zero-order valence-corrected chi connectivity index (χ0v) is 15.0. The third-order valence-corrected chi connectivity index (χ3v) is 2.67. The zero-order chi connectivity index (χ0) is 18.9. The SMILES string of the molecule is CCOC(=O)OCCN(CCOC(=O)OCC)CCOC(=O)OCC. The Morgan fingerprint density at radius 3 is 1.08 bits per heavy atom. The molecule has 10 heteroatoms. The molecule has 0 saturated carbocycles. The van der Waals surface area contributed by atoms with Crippen LogP contribution < -0.4 is 0 Å². The first-order chi connectivity index (χ1) is 12.0. The second kappa shape index (κ2) is 15.3. The van der Waals surface area contributed by atoms with E-state index in [0.717, 1.165) is 0 Å². The average Bonchev–Trinajstić information content (AvgIpc) is 2.55. The molecule has 0 heterocycles. The van der Waals surface area contributed by atoms with Crippen molar-refractivity contribution in [3.63, 3.8) is 0 Å². The number of carbonyl (C=O) groups excluding carboxylic acids is 3. The van der Waals surface area contributed by atoms with E-state index < -0.39 is 18.5 Å². The highest BCUT2D eigenvalue weighted by Crippen LogP contribution is 1.95. The van der Waals surface area contributed by atoms with Gasteiger partial charge in [0.15, 0.2) is 0 Å². The number of carbonyl (C=O) groups is 3. The number of hydrogen-bond acceptors (Lipinski definition) is 10. The van der Waals surface area contributed by atoms with Gasteiger partial charge in [0.25, 0.3) is 0 Å². The van der Waals surface area contributed by atoms with Crippen LogP contribution >= 0.6 is 0 Å². The lowest BCUT2D eigenvalue weighted by Gasteiger charge is -2.21. The second-order valence-electron chi connectivity index (χ2n) is 4.44. The smallest absolute Gasteiger partial charge is 0.435 e. The molecule has 0 unspecified atom stereocenters. The summed E-state index contributed by atoms with van der Waals surface area (Å²) in [4.78, 5) is 35.2. The van der Waals surface area contributed by atoms with E-state index in [1.807, 2.05) is 0 Å².